The first kappa shape index (κ1) is 24.3. The zero-order valence-electron chi connectivity index (χ0n) is 18.0. The van der Waals surface area contributed by atoms with E-state index in [1.54, 1.807) is 36.4 Å². The highest BCUT2D eigenvalue weighted by molar-refractivity contribution is 8.15. The van der Waals surface area contributed by atoms with Crippen molar-refractivity contribution < 1.29 is 38.5 Å². The SMILES string of the molecule is COc1cccc([C@@H](COc2ccc(CC3SC(=O)CC3=O)cc2)OC(=O)CCC(=O)O)c1. The summed E-state index contributed by atoms with van der Waals surface area (Å²) >= 11 is 1.08. The van der Waals surface area contributed by atoms with Crippen LogP contribution in [0.5, 0.6) is 11.5 Å². The van der Waals surface area contributed by atoms with Crippen molar-refractivity contribution in [2.75, 3.05) is 13.7 Å². The van der Waals surface area contributed by atoms with E-state index in [4.69, 9.17) is 19.3 Å². The maximum Gasteiger partial charge on any atom is 0.307 e. The average Bonchev–Trinajstić information content (AvgIpc) is 3.12. The number of hydrogen-bond donors (Lipinski definition) is 1. The van der Waals surface area contributed by atoms with E-state index in [-0.39, 0.29) is 42.0 Å². The molecule has 2 aromatic rings. The van der Waals surface area contributed by atoms with Gasteiger partial charge in [0.1, 0.15) is 18.1 Å². The second-order valence-electron chi connectivity index (χ2n) is 7.43. The number of methoxy groups -OCH3 is 1. The average molecular weight is 473 g/mol. The lowest BCUT2D eigenvalue weighted by molar-refractivity contribution is -0.153. The van der Waals surface area contributed by atoms with Crippen LogP contribution in [0.1, 0.15) is 36.5 Å². The molecule has 0 bridgehead atoms. The number of esters is 1. The summed E-state index contributed by atoms with van der Waals surface area (Å²) in [6.07, 6.45) is -0.861. The summed E-state index contributed by atoms with van der Waals surface area (Å²) in [5, 5.41) is 8.36. The summed E-state index contributed by atoms with van der Waals surface area (Å²) in [7, 11) is 1.53. The second-order valence-corrected chi connectivity index (χ2v) is 8.69. The van der Waals surface area contributed by atoms with Crippen LogP contribution in [0.15, 0.2) is 48.5 Å². The minimum atomic E-state index is -1.08. The van der Waals surface area contributed by atoms with Gasteiger partial charge in [-0.15, -0.1) is 0 Å². The van der Waals surface area contributed by atoms with Crippen LogP contribution in [0.3, 0.4) is 0 Å². The molecule has 1 unspecified atom stereocenters. The van der Waals surface area contributed by atoms with E-state index in [1.807, 2.05) is 12.1 Å². The zero-order valence-corrected chi connectivity index (χ0v) is 18.8. The Morgan fingerprint density at radius 1 is 1.09 bits per heavy atom. The molecule has 1 N–H and O–H groups in total. The van der Waals surface area contributed by atoms with Gasteiger partial charge in [0.25, 0.3) is 0 Å². The van der Waals surface area contributed by atoms with E-state index in [0.717, 1.165) is 17.3 Å². The fraction of sp³-hybridized carbons (Fsp3) is 0.333. The highest BCUT2D eigenvalue weighted by atomic mass is 32.2. The number of carbonyl (C=O) groups excluding carboxylic acids is 3. The zero-order chi connectivity index (χ0) is 23.8. The summed E-state index contributed by atoms with van der Waals surface area (Å²) in [5.41, 5.74) is 1.56. The van der Waals surface area contributed by atoms with Crippen molar-refractivity contribution in [1.29, 1.82) is 0 Å². The molecule has 0 saturated carbocycles. The van der Waals surface area contributed by atoms with E-state index >= 15 is 0 Å². The monoisotopic (exact) mass is 472 g/mol. The number of carboxylic acids is 1. The Balaban J connectivity index is 1.64. The molecular weight excluding hydrogens is 448 g/mol. The molecule has 1 fully saturated rings. The normalized spacial score (nSPS) is 16.3. The van der Waals surface area contributed by atoms with Crippen molar-refractivity contribution in [3.8, 4) is 11.5 Å². The van der Waals surface area contributed by atoms with Crippen molar-refractivity contribution in [3.63, 3.8) is 0 Å². The molecule has 33 heavy (non-hydrogen) atoms. The highest BCUT2D eigenvalue weighted by Gasteiger charge is 2.31. The van der Waals surface area contributed by atoms with E-state index in [1.165, 1.54) is 7.11 Å². The van der Waals surface area contributed by atoms with Gasteiger partial charge < -0.3 is 19.3 Å². The lowest BCUT2D eigenvalue weighted by atomic mass is 10.1. The van der Waals surface area contributed by atoms with Crippen molar-refractivity contribution in [3.05, 3.63) is 59.7 Å². The number of Topliss-reactive ketones (excluding diaryl/α,β-unsaturated/α-hetero) is 1. The van der Waals surface area contributed by atoms with Gasteiger partial charge in [0.2, 0.25) is 0 Å². The molecule has 0 spiro atoms. The Hall–Kier alpha value is -3.33. The Morgan fingerprint density at radius 3 is 2.48 bits per heavy atom. The van der Waals surface area contributed by atoms with Crippen LogP contribution in [0.25, 0.3) is 0 Å². The van der Waals surface area contributed by atoms with Crippen LogP contribution in [0.4, 0.5) is 0 Å². The molecule has 0 aromatic heterocycles. The fourth-order valence-corrected chi connectivity index (χ4v) is 4.29. The minimum absolute atomic E-state index is 0.00657. The van der Waals surface area contributed by atoms with Crippen LogP contribution in [-0.4, -0.2) is 46.9 Å². The molecule has 0 aliphatic carbocycles. The predicted octanol–water partition coefficient (Wildman–Crippen LogP) is 3.37. The first-order valence-corrected chi connectivity index (χ1v) is 11.2. The van der Waals surface area contributed by atoms with Crippen LogP contribution < -0.4 is 9.47 Å². The first-order valence-electron chi connectivity index (χ1n) is 10.3. The van der Waals surface area contributed by atoms with Gasteiger partial charge in [-0.2, -0.15) is 0 Å². The van der Waals surface area contributed by atoms with Crippen LogP contribution in [0.2, 0.25) is 0 Å². The van der Waals surface area contributed by atoms with Crippen molar-refractivity contribution in [2.45, 2.75) is 37.0 Å². The van der Waals surface area contributed by atoms with Crippen LogP contribution >= 0.6 is 11.8 Å². The van der Waals surface area contributed by atoms with E-state index in [9.17, 15) is 19.2 Å². The number of aliphatic carboxylic acids is 1. The summed E-state index contributed by atoms with van der Waals surface area (Å²) in [4.78, 5) is 46.1. The number of benzene rings is 2. The van der Waals surface area contributed by atoms with Gasteiger partial charge in [0.05, 0.1) is 31.6 Å². The van der Waals surface area contributed by atoms with Crippen molar-refractivity contribution in [1.82, 2.24) is 0 Å². The molecule has 2 aromatic carbocycles. The molecule has 8 nitrogen and oxygen atoms in total. The van der Waals surface area contributed by atoms with Gasteiger partial charge in [-0.25, -0.2) is 0 Å². The molecule has 0 radical (unpaired) electrons. The van der Waals surface area contributed by atoms with Crippen molar-refractivity contribution >= 4 is 34.6 Å². The number of ketones is 1. The molecule has 1 saturated heterocycles. The molecule has 9 heteroatoms. The van der Waals surface area contributed by atoms with Gasteiger partial charge >= 0.3 is 11.9 Å². The maximum atomic E-state index is 12.1. The molecule has 3 rings (SSSR count). The third-order valence-corrected chi connectivity index (χ3v) is 6.10. The molecule has 1 aliphatic heterocycles. The van der Waals surface area contributed by atoms with E-state index in [2.05, 4.69) is 0 Å². The smallest absolute Gasteiger partial charge is 0.307 e. The quantitative estimate of drug-likeness (QED) is 0.388. The number of hydrogen-bond acceptors (Lipinski definition) is 8. The number of thioether (sulfide) groups is 1. The topological polar surface area (TPSA) is 116 Å². The highest BCUT2D eigenvalue weighted by Crippen LogP contribution is 2.29. The molecule has 174 valence electrons. The van der Waals surface area contributed by atoms with Crippen LogP contribution in [0, 0.1) is 0 Å². The lowest BCUT2D eigenvalue weighted by Crippen LogP contribution is -2.19. The summed E-state index contributed by atoms with van der Waals surface area (Å²) in [6, 6.07) is 14.1. The molecule has 1 heterocycles. The standard InChI is InChI=1S/C24H24O8S/c1-30-18-4-2-3-16(12-18)20(32-23(28)10-9-22(26)27)14-31-17-7-5-15(6-8-17)11-21-19(25)13-24(29)33-21/h2-8,12,20-21H,9-11,13-14H2,1H3,(H,26,27)/t20-,21?/m1/s1. The Labute approximate surface area is 195 Å². The number of ether oxygens (including phenoxy) is 3. The molecular formula is C24H24O8S. The maximum absolute atomic E-state index is 12.1. The summed E-state index contributed by atoms with van der Waals surface area (Å²) < 4.78 is 16.5. The van der Waals surface area contributed by atoms with Crippen molar-refractivity contribution in [2.24, 2.45) is 0 Å². The van der Waals surface area contributed by atoms with Gasteiger partial charge in [-0.3, -0.25) is 19.2 Å². The third-order valence-electron chi connectivity index (χ3n) is 4.98. The Bertz CT molecular complexity index is 1020. The second kappa shape index (κ2) is 11.5. The van der Waals surface area contributed by atoms with Gasteiger partial charge in [0.15, 0.2) is 17.0 Å². The van der Waals surface area contributed by atoms with Crippen LogP contribution in [-0.2, 0) is 30.3 Å². The van der Waals surface area contributed by atoms with Gasteiger partial charge in [-0.1, -0.05) is 36.0 Å². The summed E-state index contributed by atoms with van der Waals surface area (Å²) in [6.45, 7) is 0.0107. The van der Waals surface area contributed by atoms with Gasteiger partial charge in [-0.05, 0) is 41.8 Å². The van der Waals surface area contributed by atoms with E-state index in [0.29, 0.717) is 23.5 Å². The Morgan fingerprint density at radius 2 is 1.85 bits per heavy atom. The van der Waals surface area contributed by atoms with Gasteiger partial charge in [0, 0.05) is 0 Å². The number of carboxylic acid groups (broad SMARTS) is 1. The Kier molecular flexibility index (Phi) is 8.48. The summed E-state index contributed by atoms with van der Waals surface area (Å²) in [5.74, 6) is -0.645. The molecule has 0 amide bonds. The number of rotatable bonds is 11. The van der Waals surface area contributed by atoms with E-state index < -0.39 is 18.0 Å². The fourth-order valence-electron chi connectivity index (χ4n) is 3.25. The minimum Gasteiger partial charge on any atom is -0.497 e. The lowest BCUT2D eigenvalue weighted by Gasteiger charge is -2.19. The largest absolute Gasteiger partial charge is 0.497 e. The predicted molar refractivity (Wildman–Crippen MR) is 120 cm³/mol. The number of carbonyl (C=O) groups is 4. The third kappa shape index (κ3) is 7.35. The molecule has 2 atom stereocenters. The first-order chi connectivity index (χ1) is 15.8. The molecule has 1 aliphatic rings.